The molecular formula is C12H18N4. The summed E-state index contributed by atoms with van der Waals surface area (Å²) in [4.78, 5) is 9.08. The van der Waals surface area contributed by atoms with Gasteiger partial charge in [0.25, 0.3) is 0 Å². The van der Waals surface area contributed by atoms with Crippen LogP contribution in [0.1, 0.15) is 43.1 Å². The molecule has 4 heteroatoms. The third kappa shape index (κ3) is 1.57. The molecule has 86 valence electrons. The number of fused-ring (bicyclic) bond motifs is 2. The lowest BCUT2D eigenvalue weighted by Gasteiger charge is -2.20. The van der Waals surface area contributed by atoms with Crippen LogP contribution in [0.2, 0.25) is 0 Å². The topological polar surface area (TPSA) is 63.8 Å². The molecule has 0 spiro atoms. The Morgan fingerprint density at radius 3 is 2.81 bits per heavy atom. The van der Waals surface area contributed by atoms with Crippen LogP contribution in [0.4, 0.5) is 5.82 Å². The van der Waals surface area contributed by atoms with E-state index in [0.29, 0.717) is 5.92 Å². The van der Waals surface area contributed by atoms with Crippen LogP contribution in [0.15, 0.2) is 6.07 Å². The SMILES string of the molecule is Cc1cc(NN)nc(C2CC3CCC2C3)n1. The highest BCUT2D eigenvalue weighted by Crippen LogP contribution is 2.52. The number of aromatic nitrogens is 2. The van der Waals surface area contributed by atoms with Gasteiger partial charge in [-0.15, -0.1) is 0 Å². The number of nitrogen functional groups attached to an aromatic ring is 1. The molecule has 3 unspecified atom stereocenters. The van der Waals surface area contributed by atoms with Gasteiger partial charge in [0.2, 0.25) is 0 Å². The Bertz CT molecular complexity index is 404. The lowest BCUT2D eigenvalue weighted by atomic mass is 9.88. The molecule has 16 heavy (non-hydrogen) atoms. The van der Waals surface area contributed by atoms with Crippen LogP contribution in [-0.2, 0) is 0 Å². The molecule has 3 rings (SSSR count). The second-order valence-electron chi connectivity index (χ2n) is 5.18. The Labute approximate surface area is 95.6 Å². The average Bonchev–Trinajstić information content (AvgIpc) is 2.89. The summed E-state index contributed by atoms with van der Waals surface area (Å²) >= 11 is 0. The summed E-state index contributed by atoms with van der Waals surface area (Å²) in [7, 11) is 0. The van der Waals surface area contributed by atoms with Crippen molar-refractivity contribution < 1.29 is 0 Å². The fourth-order valence-corrected chi connectivity index (χ4v) is 3.39. The molecule has 1 aromatic heterocycles. The van der Waals surface area contributed by atoms with Crippen molar-refractivity contribution >= 4 is 5.82 Å². The largest absolute Gasteiger partial charge is 0.308 e. The standard InChI is InChI=1S/C12H18N4/c1-7-4-11(16-13)15-12(14-7)10-6-8-2-3-9(10)5-8/h4,8-10H,2-3,5-6,13H2,1H3,(H,14,15,16). The van der Waals surface area contributed by atoms with Gasteiger partial charge in [-0.25, -0.2) is 15.8 Å². The van der Waals surface area contributed by atoms with Crippen molar-refractivity contribution in [3.05, 3.63) is 17.6 Å². The van der Waals surface area contributed by atoms with Gasteiger partial charge < -0.3 is 5.43 Å². The second-order valence-corrected chi connectivity index (χ2v) is 5.18. The van der Waals surface area contributed by atoms with Crippen molar-refractivity contribution in [3.63, 3.8) is 0 Å². The number of hydrogen-bond donors (Lipinski definition) is 2. The number of anilines is 1. The van der Waals surface area contributed by atoms with Crippen molar-refractivity contribution in [2.24, 2.45) is 17.7 Å². The molecule has 0 saturated heterocycles. The predicted octanol–water partition coefficient (Wildman–Crippen LogP) is 1.97. The third-order valence-corrected chi connectivity index (χ3v) is 4.09. The van der Waals surface area contributed by atoms with Gasteiger partial charge >= 0.3 is 0 Å². The molecule has 0 radical (unpaired) electrons. The number of nitrogens with zero attached hydrogens (tertiary/aromatic N) is 2. The number of nitrogens with two attached hydrogens (primary N) is 1. The van der Waals surface area contributed by atoms with Gasteiger partial charge in [0, 0.05) is 17.7 Å². The maximum absolute atomic E-state index is 5.42. The van der Waals surface area contributed by atoms with Crippen LogP contribution in [-0.4, -0.2) is 9.97 Å². The Hall–Kier alpha value is -1.16. The van der Waals surface area contributed by atoms with E-state index in [1.54, 1.807) is 0 Å². The van der Waals surface area contributed by atoms with E-state index in [9.17, 15) is 0 Å². The van der Waals surface area contributed by atoms with Gasteiger partial charge in [0.15, 0.2) is 0 Å². The summed E-state index contributed by atoms with van der Waals surface area (Å²) in [6, 6.07) is 1.89. The van der Waals surface area contributed by atoms with Crippen molar-refractivity contribution in [1.29, 1.82) is 0 Å². The van der Waals surface area contributed by atoms with Crippen LogP contribution in [0, 0.1) is 18.8 Å². The highest BCUT2D eigenvalue weighted by atomic mass is 15.3. The number of nitrogens with one attached hydrogen (secondary N) is 1. The molecule has 4 nitrogen and oxygen atoms in total. The zero-order valence-corrected chi connectivity index (χ0v) is 9.61. The zero-order chi connectivity index (χ0) is 11.1. The van der Waals surface area contributed by atoms with E-state index < -0.39 is 0 Å². The highest BCUT2D eigenvalue weighted by Gasteiger charge is 2.41. The minimum atomic E-state index is 0.575. The normalized spacial score (nSPS) is 32.0. The molecule has 0 amide bonds. The molecule has 2 saturated carbocycles. The number of rotatable bonds is 2. The van der Waals surface area contributed by atoms with E-state index >= 15 is 0 Å². The highest BCUT2D eigenvalue weighted by molar-refractivity contribution is 5.34. The molecule has 3 N–H and O–H groups in total. The van der Waals surface area contributed by atoms with E-state index in [1.807, 2.05) is 13.0 Å². The third-order valence-electron chi connectivity index (χ3n) is 4.09. The molecule has 0 aromatic carbocycles. The van der Waals surface area contributed by atoms with E-state index in [4.69, 9.17) is 5.84 Å². The first-order chi connectivity index (χ1) is 7.76. The van der Waals surface area contributed by atoms with Gasteiger partial charge in [0.1, 0.15) is 11.6 Å². The summed E-state index contributed by atoms with van der Waals surface area (Å²) in [6.45, 7) is 2.00. The van der Waals surface area contributed by atoms with Gasteiger partial charge in [0.05, 0.1) is 0 Å². The lowest BCUT2D eigenvalue weighted by Crippen LogP contribution is -2.16. The summed E-state index contributed by atoms with van der Waals surface area (Å²) < 4.78 is 0. The number of hydrazine groups is 1. The Morgan fingerprint density at radius 2 is 2.19 bits per heavy atom. The molecule has 1 heterocycles. The monoisotopic (exact) mass is 218 g/mol. The van der Waals surface area contributed by atoms with Crippen LogP contribution >= 0.6 is 0 Å². The van der Waals surface area contributed by atoms with E-state index in [0.717, 1.165) is 29.2 Å². The number of aryl methyl sites for hydroxylation is 1. The maximum atomic E-state index is 5.42. The Balaban J connectivity index is 1.91. The quantitative estimate of drug-likeness (QED) is 0.588. The predicted molar refractivity (Wildman–Crippen MR) is 62.8 cm³/mol. The van der Waals surface area contributed by atoms with Crippen LogP contribution in [0.5, 0.6) is 0 Å². The van der Waals surface area contributed by atoms with Crippen LogP contribution in [0.25, 0.3) is 0 Å². The van der Waals surface area contributed by atoms with Crippen molar-refractivity contribution in [2.45, 2.75) is 38.5 Å². The van der Waals surface area contributed by atoms with Crippen molar-refractivity contribution in [1.82, 2.24) is 9.97 Å². The first-order valence-corrected chi connectivity index (χ1v) is 6.08. The Morgan fingerprint density at radius 1 is 1.31 bits per heavy atom. The van der Waals surface area contributed by atoms with Crippen molar-refractivity contribution in [3.8, 4) is 0 Å². The molecular weight excluding hydrogens is 200 g/mol. The minimum Gasteiger partial charge on any atom is -0.308 e. The van der Waals surface area contributed by atoms with E-state index in [1.165, 1.54) is 25.7 Å². The number of hydrogen-bond acceptors (Lipinski definition) is 4. The summed E-state index contributed by atoms with van der Waals surface area (Å²) in [5, 5.41) is 0. The summed E-state index contributed by atoms with van der Waals surface area (Å²) in [5.74, 6) is 9.48. The Kier molecular flexibility index (Phi) is 2.32. The van der Waals surface area contributed by atoms with Crippen LogP contribution < -0.4 is 11.3 Å². The summed E-state index contributed by atoms with van der Waals surface area (Å²) in [5.41, 5.74) is 3.63. The maximum Gasteiger partial charge on any atom is 0.143 e. The lowest BCUT2D eigenvalue weighted by molar-refractivity contribution is 0.405. The molecule has 0 aliphatic heterocycles. The summed E-state index contributed by atoms with van der Waals surface area (Å²) in [6.07, 6.45) is 5.43. The molecule has 2 aliphatic carbocycles. The molecule has 1 aromatic rings. The molecule has 3 atom stereocenters. The van der Waals surface area contributed by atoms with E-state index in [2.05, 4.69) is 15.4 Å². The average molecular weight is 218 g/mol. The molecule has 2 aliphatic rings. The molecule has 2 fully saturated rings. The van der Waals surface area contributed by atoms with Crippen molar-refractivity contribution in [2.75, 3.05) is 5.43 Å². The fourth-order valence-electron chi connectivity index (χ4n) is 3.39. The van der Waals surface area contributed by atoms with Gasteiger partial charge in [-0.2, -0.15) is 0 Å². The fraction of sp³-hybridized carbons (Fsp3) is 0.667. The second kappa shape index (κ2) is 3.70. The van der Waals surface area contributed by atoms with E-state index in [-0.39, 0.29) is 0 Å². The minimum absolute atomic E-state index is 0.575. The first-order valence-electron chi connectivity index (χ1n) is 6.08. The smallest absolute Gasteiger partial charge is 0.143 e. The first kappa shape index (κ1) is 10.0. The van der Waals surface area contributed by atoms with Gasteiger partial charge in [-0.05, 0) is 38.0 Å². The van der Waals surface area contributed by atoms with Crippen LogP contribution in [0.3, 0.4) is 0 Å². The van der Waals surface area contributed by atoms with Gasteiger partial charge in [-0.3, -0.25) is 0 Å². The molecule has 2 bridgehead atoms. The zero-order valence-electron chi connectivity index (χ0n) is 9.61. The van der Waals surface area contributed by atoms with Gasteiger partial charge in [-0.1, -0.05) is 6.42 Å².